The van der Waals surface area contributed by atoms with Crippen molar-refractivity contribution in [2.75, 3.05) is 11.5 Å². The van der Waals surface area contributed by atoms with Crippen LogP contribution in [0.3, 0.4) is 0 Å². The summed E-state index contributed by atoms with van der Waals surface area (Å²) in [4.78, 5) is 0. The Morgan fingerprint density at radius 2 is 2.29 bits per heavy atom. The molecule has 0 spiro atoms. The molecule has 1 aromatic rings. The average Bonchev–Trinajstić information content (AvgIpc) is 2.63. The zero-order chi connectivity index (χ0) is 10.2. The van der Waals surface area contributed by atoms with Gasteiger partial charge in [-0.2, -0.15) is 11.8 Å². The van der Waals surface area contributed by atoms with Gasteiger partial charge in [0.25, 0.3) is 0 Å². The lowest BCUT2D eigenvalue weighted by Gasteiger charge is -2.00. The van der Waals surface area contributed by atoms with Gasteiger partial charge in [0, 0.05) is 5.75 Å². The largest absolute Gasteiger partial charge is 0.351 e. The SMILES string of the molecule is CCCC[n+]1[c-]n(CCSCC)cc1. The van der Waals surface area contributed by atoms with Gasteiger partial charge in [0.15, 0.2) is 0 Å². The van der Waals surface area contributed by atoms with E-state index in [4.69, 9.17) is 0 Å². The molecular formula is C11H20N2S. The number of imidazole rings is 1. The first-order valence-electron chi connectivity index (χ1n) is 5.42. The summed E-state index contributed by atoms with van der Waals surface area (Å²) in [6, 6.07) is 0. The maximum Gasteiger partial charge on any atom is 0.203 e. The van der Waals surface area contributed by atoms with Gasteiger partial charge >= 0.3 is 0 Å². The number of hydrogen-bond acceptors (Lipinski definition) is 1. The molecule has 1 heterocycles. The van der Waals surface area contributed by atoms with E-state index in [9.17, 15) is 0 Å². The van der Waals surface area contributed by atoms with Gasteiger partial charge in [-0.25, -0.2) is 0 Å². The lowest BCUT2D eigenvalue weighted by Crippen LogP contribution is -2.31. The Morgan fingerprint density at radius 1 is 1.43 bits per heavy atom. The Kier molecular flexibility index (Phi) is 5.76. The van der Waals surface area contributed by atoms with Crippen LogP contribution in [0.1, 0.15) is 26.7 Å². The van der Waals surface area contributed by atoms with Gasteiger partial charge in [0.1, 0.15) is 0 Å². The van der Waals surface area contributed by atoms with Gasteiger partial charge in [0.05, 0.1) is 13.1 Å². The Labute approximate surface area is 91.3 Å². The fourth-order valence-corrected chi connectivity index (χ4v) is 1.89. The van der Waals surface area contributed by atoms with E-state index in [1.165, 1.54) is 24.3 Å². The molecule has 1 aromatic heterocycles. The maximum absolute atomic E-state index is 3.33. The van der Waals surface area contributed by atoms with Crippen molar-refractivity contribution < 1.29 is 4.57 Å². The minimum Gasteiger partial charge on any atom is -0.351 e. The summed E-state index contributed by atoms with van der Waals surface area (Å²) in [7, 11) is 0. The molecule has 0 N–H and O–H groups in total. The summed E-state index contributed by atoms with van der Waals surface area (Å²) in [5.41, 5.74) is 0. The van der Waals surface area contributed by atoms with E-state index in [-0.39, 0.29) is 0 Å². The zero-order valence-electron chi connectivity index (χ0n) is 9.20. The number of thioether (sulfide) groups is 1. The van der Waals surface area contributed by atoms with E-state index < -0.39 is 0 Å². The van der Waals surface area contributed by atoms with Gasteiger partial charge in [-0.1, -0.05) is 20.3 Å². The fourth-order valence-electron chi connectivity index (χ4n) is 1.28. The first kappa shape index (κ1) is 11.6. The summed E-state index contributed by atoms with van der Waals surface area (Å²) in [5.74, 6) is 2.40. The first-order chi connectivity index (χ1) is 6.86. The number of aryl methyl sites for hydroxylation is 2. The van der Waals surface area contributed by atoms with Crippen LogP contribution < -0.4 is 4.57 Å². The topological polar surface area (TPSA) is 8.81 Å². The van der Waals surface area contributed by atoms with Crippen molar-refractivity contribution in [2.24, 2.45) is 0 Å². The highest BCUT2D eigenvalue weighted by Gasteiger charge is 1.95. The van der Waals surface area contributed by atoms with E-state index in [1.54, 1.807) is 0 Å². The smallest absolute Gasteiger partial charge is 0.203 e. The Morgan fingerprint density at radius 3 is 3.00 bits per heavy atom. The van der Waals surface area contributed by atoms with Gasteiger partial charge in [-0.3, -0.25) is 0 Å². The molecule has 3 heteroatoms. The minimum absolute atomic E-state index is 1.08. The molecule has 0 aliphatic heterocycles. The van der Waals surface area contributed by atoms with E-state index in [0.717, 1.165) is 13.1 Å². The molecule has 2 nitrogen and oxygen atoms in total. The van der Waals surface area contributed by atoms with E-state index in [2.05, 4.69) is 41.7 Å². The number of nitrogens with zero attached hydrogens (tertiary/aromatic N) is 2. The van der Waals surface area contributed by atoms with Crippen molar-refractivity contribution >= 4 is 11.8 Å². The van der Waals surface area contributed by atoms with E-state index in [1.807, 2.05) is 11.8 Å². The summed E-state index contributed by atoms with van der Waals surface area (Å²) in [6.07, 6.45) is 10.1. The van der Waals surface area contributed by atoms with Crippen molar-refractivity contribution in [1.29, 1.82) is 0 Å². The van der Waals surface area contributed by atoms with Gasteiger partial charge in [-0.15, -0.1) is 0 Å². The molecule has 0 amide bonds. The van der Waals surface area contributed by atoms with Crippen LogP contribution in [0.4, 0.5) is 0 Å². The Bertz CT molecular complexity index is 245. The highest BCUT2D eigenvalue weighted by molar-refractivity contribution is 7.99. The third kappa shape index (κ3) is 4.18. The van der Waals surface area contributed by atoms with Gasteiger partial charge < -0.3 is 9.13 Å². The van der Waals surface area contributed by atoms with Crippen LogP contribution >= 0.6 is 11.8 Å². The third-order valence-electron chi connectivity index (χ3n) is 2.12. The highest BCUT2D eigenvalue weighted by atomic mass is 32.2. The number of aromatic nitrogens is 2. The minimum atomic E-state index is 1.08. The lowest BCUT2D eigenvalue weighted by molar-refractivity contribution is -0.700. The average molecular weight is 212 g/mol. The highest BCUT2D eigenvalue weighted by Crippen LogP contribution is 1.99. The summed E-state index contributed by atoms with van der Waals surface area (Å²) in [5, 5.41) is 0. The van der Waals surface area contributed by atoms with Gasteiger partial charge in [-0.05, 0) is 24.6 Å². The summed E-state index contributed by atoms with van der Waals surface area (Å²) < 4.78 is 4.30. The summed E-state index contributed by atoms with van der Waals surface area (Å²) >= 11 is 1.98. The zero-order valence-corrected chi connectivity index (χ0v) is 10.0. The van der Waals surface area contributed by atoms with E-state index in [0.29, 0.717) is 0 Å². The normalized spacial score (nSPS) is 10.7. The maximum atomic E-state index is 3.33. The van der Waals surface area contributed by atoms with Crippen LogP contribution in [0, 0.1) is 6.33 Å². The number of hydrogen-bond donors (Lipinski definition) is 0. The quantitative estimate of drug-likeness (QED) is 0.382. The second-order valence-electron chi connectivity index (χ2n) is 3.34. The molecule has 0 atom stereocenters. The molecule has 0 aliphatic carbocycles. The second kappa shape index (κ2) is 6.93. The lowest BCUT2D eigenvalue weighted by atomic mass is 10.3. The van der Waals surface area contributed by atoms with Crippen molar-refractivity contribution in [3.63, 3.8) is 0 Å². The molecular weight excluding hydrogens is 192 g/mol. The van der Waals surface area contributed by atoms with E-state index >= 15 is 0 Å². The molecule has 0 saturated carbocycles. The predicted octanol–water partition coefficient (Wildman–Crippen LogP) is 2.13. The van der Waals surface area contributed by atoms with Crippen molar-refractivity contribution in [3.8, 4) is 0 Å². The molecule has 1 rings (SSSR count). The van der Waals surface area contributed by atoms with Crippen LogP contribution in [0.15, 0.2) is 12.4 Å². The molecule has 0 radical (unpaired) electrons. The molecule has 0 aromatic carbocycles. The molecule has 14 heavy (non-hydrogen) atoms. The number of unbranched alkanes of at least 4 members (excludes halogenated alkanes) is 1. The third-order valence-corrected chi connectivity index (χ3v) is 3.00. The monoisotopic (exact) mass is 212 g/mol. The Balaban J connectivity index is 2.27. The van der Waals surface area contributed by atoms with Crippen molar-refractivity contribution in [1.82, 2.24) is 4.57 Å². The molecule has 0 fully saturated rings. The fraction of sp³-hybridized carbons (Fsp3) is 0.727. The second-order valence-corrected chi connectivity index (χ2v) is 4.73. The molecule has 0 saturated heterocycles. The Hall–Kier alpha value is -0.440. The molecule has 0 unspecified atom stereocenters. The molecule has 0 aliphatic rings. The van der Waals surface area contributed by atoms with Crippen molar-refractivity contribution in [3.05, 3.63) is 18.7 Å². The number of rotatable bonds is 7. The van der Waals surface area contributed by atoms with Crippen molar-refractivity contribution in [2.45, 2.75) is 39.8 Å². The molecule has 80 valence electrons. The first-order valence-corrected chi connectivity index (χ1v) is 6.58. The molecule has 0 bridgehead atoms. The van der Waals surface area contributed by atoms with Crippen LogP contribution in [0.25, 0.3) is 0 Å². The van der Waals surface area contributed by atoms with Crippen LogP contribution in [0.5, 0.6) is 0 Å². The van der Waals surface area contributed by atoms with Crippen LogP contribution in [-0.4, -0.2) is 16.1 Å². The summed E-state index contributed by atoms with van der Waals surface area (Å²) in [6.45, 7) is 6.60. The van der Waals surface area contributed by atoms with Gasteiger partial charge in [0.2, 0.25) is 6.33 Å². The predicted molar refractivity (Wildman–Crippen MR) is 61.4 cm³/mol. The van der Waals surface area contributed by atoms with Crippen LogP contribution in [-0.2, 0) is 13.1 Å². The standard InChI is InChI=1S/C11H20N2S/c1-3-5-6-12-7-8-13(11-12)9-10-14-4-2/h7-8H,3-6,9-10H2,1-2H3. The van der Waals surface area contributed by atoms with Crippen LogP contribution in [0.2, 0.25) is 0 Å².